The van der Waals surface area contributed by atoms with E-state index in [1.807, 2.05) is 17.8 Å². The van der Waals surface area contributed by atoms with Gasteiger partial charge >= 0.3 is 0 Å². The lowest BCUT2D eigenvalue weighted by Gasteiger charge is -2.34. The van der Waals surface area contributed by atoms with Gasteiger partial charge < -0.3 is 20.5 Å². The molecule has 0 saturated carbocycles. The summed E-state index contributed by atoms with van der Waals surface area (Å²) >= 11 is 0. The Morgan fingerprint density at radius 1 is 1.55 bits per heavy atom. The molecule has 1 fully saturated rings. The second-order valence-corrected chi connectivity index (χ2v) is 5.98. The van der Waals surface area contributed by atoms with Gasteiger partial charge in [-0.25, -0.2) is 4.99 Å². The Balaban J connectivity index is 2.01. The maximum Gasteiger partial charge on any atom is 0.217 e. The maximum atomic E-state index is 11.1. The number of likely N-dealkylation sites (tertiary alicyclic amines) is 1. The molecule has 6 nitrogen and oxygen atoms in total. The minimum absolute atomic E-state index is 0.210. The lowest BCUT2D eigenvalue weighted by atomic mass is 9.95. The summed E-state index contributed by atoms with van der Waals surface area (Å²) < 4.78 is 2.03. The molecule has 1 aromatic heterocycles. The summed E-state index contributed by atoms with van der Waals surface area (Å²) in [5.41, 5.74) is 6.53. The number of nitrogens with two attached hydrogens (primary N) is 1. The number of carbonyl (C=O) groups is 1. The van der Waals surface area contributed by atoms with Gasteiger partial charge in [0.05, 0.1) is 6.54 Å². The number of amides is 1. The Hall–Kier alpha value is -1.98. The zero-order chi connectivity index (χ0) is 15.9. The van der Waals surface area contributed by atoms with E-state index in [-0.39, 0.29) is 5.91 Å². The first-order valence-corrected chi connectivity index (χ1v) is 8.01. The van der Waals surface area contributed by atoms with E-state index in [0.717, 1.165) is 38.4 Å². The normalized spacial score (nSPS) is 19.3. The minimum Gasteiger partial charge on any atom is -0.370 e. The molecular weight excluding hydrogens is 278 g/mol. The van der Waals surface area contributed by atoms with E-state index in [2.05, 4.69) is 29.4 Å². The summed E-state index contributed by atoms with van der Waals surface area (Å²) in [6.45, 7) is 5.41. The van der Waals surface area contributed by atoms with Gasteiger partial charge in [-0.05, 0) is 37.3 Å². The van der Waals surface area contributed by atoms with Crippen LogP contribution >= 0.6 is 0 Å². The molecule has 1 amide bonds. The molecule has 0 radical (unpaired) electrons. The second-order valence-electron chi connectivity index (χ2n) is 5.98. The number of nitrogens with zero attached hydrogens (tertiary/aromatic N) is 3. The molecule has 122 valence electrons. The Kier molecular flexibility index (Phi) is 5.86. The van der Waals surface area contributed by atoms with Gasteiger partial charge in [0.1, 0.15) is 0 Å². The molecule has 22 heavy (non-hydrogen) atoms. The number of rotatable bonds is 5. The molecule has 0 aromatic carbocycles. The Morgan fingerprint density at radius 3 is 3.00 bits per heavy atom. The van der Waals surface area contributed by atoms with Crippen molar-refractivity contribution in [1.29, 1.82) is 0 Å². The van der Waals surface area contributed by atoms with Crippen LogP contribution in [-0.2, 0) is 18.4 Å². The molecule has 0 bridgehead atoms. The van der Waals surface area contributed by atoms with Crippen molar-refractivity contribution >= 4 is 11.9 Å². The fraction of sp³-hybridized carbons (Fsp3) is 0.625. The second kappa shape index (κ2) is 7.87. The topological polar surface area (TPSA) is 75.7 Å². The molecule has 2 heterocycles. The van der Waals surface area contributed by atoms with Gasteiger partial charge in [0.15, 0.2) is 5.96 Å². The van der Waals surface area contributed by atoms with Gasteiger partial charge in [-0.1, -0.05) is 0 Å². The predicted octanol–water partition coefficient (Wildman–Crippen LogP) is 1.08. The molecular formula is C16H27N5O. The number of aliphatic imine (C=N–C) groups is 1. The number of guanidine groups is 1. The highest BCUT2D eigenvalue weighted by Gasteiger charge is 2.23. The number of hydrogen-bond acceptors (Lipinski definition) is 2. The van der Waals surface area contributed by atoms with Crippen molar-refractivity contribution in [2.24, 2.45) is 23.7 Å². The highest BCUT2D eigenvalue weighted by Crippen LogP contribution is 2.19. The van der Waals surface area contributed by atoms with E-state index in [4.69, 9.17) is 10.7 Å². The fourth-order valence-electron chi connectivity index (χ4n) is 2.96. The van der Waals surface area contributed by atoms with Crippen LogP contribution in [0.5, 0.6) is 0 Å². The quantitative estimate of drug-likeness (QED) is 0.631. The monoisotopic (exact) mass is 305 g/mol. The highest BCUT2D eigenvalue weighted by molar-refractivity contribution is 5.80. The van der Waals surface area contributed by atoms with E-state index in [1.165, 1.54) is 5.56 Å². The van der Waals surface area contributed by atoms with Crippen molar-refractivity contribution in [3.05, 3.63) is 24.0 Å². The number of piperidine rings is 1. The van der Waals surface area contributed by atoms with E-state index >= 15 is 0 Å². The number of carbonyl (C=O) groups excluding carboxylic acids is 1. The van der Waals surface area contributed by atoms with Gasteiger partial charge in [0, 0.05) is 45.5 Å². The Labute approximate surface area is 132 Å². The molecule has 6 heteroatoms. The predicted molar refractivity (Wildman–Crippen MR) is 88.3 cm³/mol. The summed E-state index contributed by atoms with van der Waals surface area (Å²) in [4.78, 5) is 18.1. The molecule has 1 aromatic rings. The van der Waals surface area contributed by atoms with Crippen LogP contribution in [0.15, 0.2) is 23.5 Å². The fourth-order valence-corrected chi connectivity index (χ4v) is 2.96. The molecule has 3 N–H and O–H groups in total. The van der Waals surface area contributed by atoms with Crippen LogP contribution in [0.25, 0.3) is 0 Å². The third-order valence-electron chi connectivity index (χ3n) is 3.95. The SMILES string of the molecule is CCNC(=NCc1ccn(C)c1)N1CCCC(CC(N)=O)C1. The van der Waals surface area contributed by atoms with Gasteiger partial charge in [0.2, 0.25) is 5.91 Å². The van der Waals surface area contributed by atoms with Crippen molar-refractivity contribution in [3.63, 3.8) is 0 Å². The van der Waals surface area contributed by atoms with E-state index < -0.39 is 0 Å². The number of aromatic nitrogens is 1. The van der Waals surface area contributed by atoms with Gasteiger partial charge in [-0.15, -0.1) is 0 Å². The number of aryl methyl sites for hydroxylation is 1. The van der Waals surface area contributed by atoms with Gasteiger partial charge in [0.25, 0.3) is 0 Å². The minimum atomic E-state index is -0.210. The first-order valence-electron chi connectivity index (χ1n) is 8.01. The molecule has 2 rings (SSSR count). The molecule has 1 unspecified atom stereocenters. The summed E-state index contributed by atoms with van der Waals surface area (Å²) in [5.74, 6) is 1.06. The van der Waals surface area contributed by atoms with Crippen molar-refractivity contribution in [3.8, 4) is 0 Å². The van der Waals surface area contributed by atoms with Crippen LogP contribution in [0.3, 0.4) is 0 Å². The molecule has 0 aliphatic carbocycles. The van der Waals surface area contributed by atoms with Crippen LogP contribution in [0.4, 0.5) is 0 Å². The Morgan fingerprint density at radius 2 is 2.36 bits per heavy atom. The number of primary amides is 1. The number of nitrogens with one attached hydrogen (secondary N) is 1. The molecule has 1 saturated heterocycles. The van der Waals surface area contributed by atoms with E-state index in [9.17, 15) is 4.79 Å². The average molecular weight is 305 g/mol. The van der Waals surface area contributed by atoms with E-state index in [1.54, 1.807) is 0 Å². The lowest BCUT2D eigenvalue weighted by molar-refractivity contribution is -0.119. The smallest absolute Gasteiger partial charge is 0.217 e. The lowest BCUT2D eigenvalue weighted by Crippen LogP contribution is -2.47. The van der Waals surface area contributed by atoms with Crippen molar-refractivity contribution in [2.75, 3.05) is 19.6 Å². The highest BCUT2D eigenvalue weighted by atomic mass is 16.1. The average Bonchev–Trinajstić information content (AvgIpc) is 2.88. The third kappa shape index (κ3) is 4.79. The van der Waals surface area contributed by atoms with Crippen molar-refractivity contribution in [1.82, 2.24) is 14.8 Å². The molecule has 1 aliphatic rings. The molecule has 1 atom stereocenters. The van der Waals surface area contributed by atoms with Gasteiger partial charge in [-0.3, -0.25) is 4.79 Å². The largest absolute Gasteiger partial charge is 0.370 e. The van der Waals surface area contributed by atoms with Crippen molar-refractivity contribution in [2.45, 2.75) is 32.7 Å². The summed E-state index contributed by atoms with van der Waals surface area (Å²) in [6.07, 6.45) is 6.72. The standard InChI is InChI=1S/C16H27N5O/c1-3-18-16(19-10-14-6-8-20(2)11-14)21-7-4-5-13(12-21)9-15(17)22/h6,8,11,13H,3-5,7,9-10,12H2,1-2H3,(H2,17,22)(H,18,19). The first kappa shape index (κ1) is 16.4. The Bertz CT molecular complexity index is 522. The first-order chi connectivity index (χ1) is 10.6. The number of hydrogen-bond donors (Lipinski definition) is 2. The molecule has 1 aliphatic heterocycles. The van der Waals surface area contributed by atoms with Crippen LogP contribution in [0, 0.1) is 5.92 Å². The summed E-state index contributed by atoms with van der Waals surface area (Å²) in [5, 5.41) is 3.36. The third-order valence-corrected chi connectivity index (χ3v) is 3.95. The summed E-state index contributed by atoms with van der Waals surface area (Å²) in [7, 11) is 2.01. The van der Waals surface area contributed by atoms with E-state index in [0.29, 0.717) is 18.9 Å². The van der Waals surface area contributed by atoms with Crippen LogP contribution in [-0.4, -0.2) is 41.0 Å². The zero-order valence-corrected chi connectivity index (χ0v) is 13.6. The van der Waals surface area contributed by atoms with Crippen LogP contribution < -0.4 is 11.1 Å². The van der Waals surface area contributed by atoms with Crippen LogP contribution in [0.1, 0.15) is 31.7 Å². The zero-order valence-electron chi connectivity index (χ0n) is 13.6. The van der Waals surface area contributed by atoms with Crippen molar-refractivity contribution < 1.29 is 4.79 Å². The van der Waals surface area contributed by atoms with Crippen LogP contribution in [0.2, 0.25) is 0 Å². The van der Waals surface area contributed by atoms with Gasteiger partial charge in [-0.2, -0.15) is 0 Å². The maximum absolute atomic E-state index is 11.1. The summed E-state index contributed by atoms with van der Waals surface area (Å²) in [6, 6.07) is 2.08. The molecule has 0 spiro atoms.